The van der Waals surface area contributed by atoms with Gasteiger partial charge in [0.25, 0.3) is 0 Å². The molecular weight excluding hydrogens is 314 g/mol. The Balaban J connectivity index is 2.00. The normalized spacial score (nSPS) is 12.3. The Kier molecular flexibility index (Phi) is 4.40. The van der Waals surface area contributed by atoms with Crippen LogP contribution in [0.5, 0.6) is 0 Å². The molecule has 0 unspecified atom stereocenters. The van der Waals surface area contributed by atoms with E-state index < -0.39 is 0 Å². The molecule has 1 atom stereocenters. The van der Waals surface area contributed by atoms with Gasteiger partial charge in [0.05, 0.1) is 0 Å². The number of nitrogens with zero attached hydrogens (tertiary/aromatic N) is 3. The summed E-state index contributed by atoms with van der Waals surface area (Å²) < 4.78 is 0. The maximum atomic E-state index is 12.6. The molecular formula is C16H15N3OS2. The average molecular weight is 329 g/mol. The molecule has 0 aliphatic rings. The molecule has 0 N–H and O–H groups in total. The molecule has 112 valence electrons. The second-order valence-electron chi connectivity index (χ2n) is 4.96. The minimum absolute atomic E-state index is 0.0539. The second-order valence-corrected chi connectivity index (χ2v) is 6.95. The number of benzene rings is 1. The van der Waals surface area contributed by atoms with Crippen LogP contribution in [0, 0.1) is 0 Å². The molecule has 1 amide bonds. The van der Waals surface area contributed by atoms with Crippen LogP contribution >= 0.6 is 23.1 Å². The largest absolute Gasteiger partial charge is 0.348 e. The topological polar surface area (TPSA) is 46.1 Å². The molecule has 2 aromatic heterocycles. The number of carbonyl (C=O) groups is 1. The SMILES string of the molecule is CN(C)C(=O)[C@@H](Sc1ncnc2sccc12)c1ccccc1. The number of hydrogen-bond acceptors (Lipinski definition) is 5. The maximum absolute atomic E-state index is 12.6. The van der Waals surface area contributed by atoms with Gasteiger partial charge in [-0.05, 0) is 17.0 Å². The molecule has 22 heavy (non-hydrogen) atoms. The van der Waals surface area contributed by atoms with Gasteiger partial charge in [0.2, 0.25) is 5.91 Å². The van der Waals surface area contributed by atoms with Gasteiger partial charge in [-0.1, -0.05) is 42.1 Å². The van der Waals surface area contributed by atoms with Gasteiger partial charge in [0.15, 0.2) is 0 Å². The van der Waals surface area contributed by atoms with Crippen LogP contribution in [0.15, 0.2) is 53.1 Å². The van der Waals surface area contributed by atoms with E-state index in [1.54, 1.807) is 36.7 Å². The number of thiophene rings is 1. The molecule has 0 spiro atoms. The third-order valence-corrected chi connectivity index (χ3v) is 5.30. The average Bonchev–Trinajstić information content (AvgIpc) is 3.02. The van der Waals surface area contributed by atoms with Crippen molar-refractivity contribution in [3.8, 4) is 0 Å². The molecule has 0 bridgehead atoms. The molecule has 3 rings (SSSR count). The number of aromatic nitrogens is 2. The van der Waals surface area contributed by atoms with Crippen molar-refractivity contribution >= 4 is 39.2 Å². The number of rotatable bonds is 4. The van der Waals surface area contributed by atoms with Crippen LogP contribution in [-0.2, 0) is 4.79 Å². The van der Waals surface area contributed by atoms with E-state index in [1.807, 2.05) is 41.8 Å². The van der Waals surface area contributed by atoms with Crippen LogP contribution in [-0.4, -0.2) is 34.9 Å². The zero-order valence-electron chi connectivity index (χ0n) is 12.3. The van der Waals surface area contributed by atoms with E-state index in [0.717, 1.165) is 20.8 Å². The van der Waals surface area contributed by atoms with Gasteiger partial charge in [0, 0.05) is 19.5 Å². The summed E-state index contributed by atoms with van der Waals surface area (Å²) in [5.74, 6) is 0.0539. The number of fused-ring (bicyclic) bond motifs is 1. The quantitative estimate of drug-likeness (QED) is 0.542. The minimum atomic E-state index is -0.311. The Hall–Kier alpha value is -1.92. The summed E-state index contributed by atoms with van der Waals surface area (Å²) in [6, 6.07) is 11.8. The first kappa shape index (κ1) is 15.0. The molecule has 6 heteroatoms. The van der Waals surface area contributed by atoms with E-state index in [0.29, 0.717) is 0 Å². The molecule has 0 saturated heterocycles. The highest BCUT2D eigenvalue weighted by atomic mass is 32.2. The Morgan fingerprint density at radius 1 is 1.18 bits per heavy atom. The van der Waals surface area contributed by atoms with Crippen LogP contribution < -0.4 is 0 Å². The highest BCUT2D eigenvalue weighted by molar-refractivity contribution is 8.00. The molecule has 0 radical (unpaired) electrons. The van der Waals surface area contributed by atoms with E-state index in [4.69, 9.17) is 0 Å². The summed E-state index contributed by atoms with van der Waals surface area (Å²) in [5.41, 5.74) is 0.980. The van der Waals surface area contributed by atoms with Crippen LogP contribution in [0.25, 0.3) is 10.2 Å². The first-order chi connectivity index (χ1) is 10.7. The van der Waals surface area contributed by atoms with Crippen molar-refractivity contribution in [2.75, 3.05) is 14.1 Å². The number of amides is 1. The molecule has 3 aromatic rings. The van der Waals surface area contributed by atoms with Crippen LogP contribution in [0.2, 0.25) is 0 Å². The summed E-state index contributed by atoms with van der Waals surface area (Å²) in [7, 11) is 3.55. The Morgan fingerprint density at radius 3 is 2.68 bits per heavy atom. The lowest BCUT2D eigenvalue weighted by Gasteiger charge is -2.20. The third-order valence-electron chi connectivity index (χ3n) is 3.22. The number of carbonyl (C=O) groups excluding carboxylic acids is 1. The van der Waals surface area contributed by atoms with E-state index in [-0.39, 0.29) is 11.2 Å². The Bertz CT molecular complexity index is 786. The number of hydrogen-bond donors (Lipinski definition) is 0. The van der Waals surface area contributed by atoms with Crippen molar-refractivity contribution < 1.29 is 4.79 Å². The summed E-state index contributed by atoms with van der Waals surface area (Å²) in [5, 5.41) is 3.53. The maximum Gasteiger partial charge on any atom is 0.240 e. The third kappa shape index (κ3) is 2.98. The van der Waals surface area contributed by atoms with Crippen molar-refractivity contribution in [1.29, 1.82) is 0 Å². The molecule has 1 aromatic carbocycles. The second kappa shape index (κ2) is 6.46. The summed E-state index contributed by atoms with van der Waals surface area (Å²) in [4.78, 5) is 23.8. The molecule has 4 nitrogen and oxygen atoms in total. The highest BCUT2D eigenvalue weighted by Crippen LogP contribution is 2.38. The van der Waals surface area contributed by atoms with E-state index in [9.17, 15) is 4.79 Å². The molecule has 0 aliphatic carbocycles. The fraction of sp³-hybridized carbons (Fsp3) is 0.188. The highest BCUT2D eigenvalue weighted by Gasteiger charge is 2.25. The lowest BCUT2D eigenvalue weighted by Crippen LogP contribution is -2.26. The monoisotopic (exact) mass is 329 g/mol. The minimum Gasteiger partial charge on any atom is -0.348 e. The molecule has 0 saturated carbocycles. The first-order valence-corrected chi connectivity index (χ1v) is 8.53. The molecule has 0 fully saturated rings. The van der Waals surface area contributed by atoms with Gasteiger partial charge in [-0.25, -0.2) is 9.97 Å². The zero-order valence-corrected chi connectivity index (χ0v) is 13.9. The van der Waals surface area contributed by atoms with Gasteiger partial charge in [-0.2, -0.15) is 0 Å². The fourth-order valence-corrected chi connectivity index (χ4v) is 4.12. The number of likely N-dealkylation sites (N-methyl/N-ethyl adjacent to an activating group) is 1. The van der Waals surface area contributed by atoms with Crippen molar-refractivity contribution in [1.82, 2.24) is 14.9 Å². The Labute approximate surface area is 137 Å². The van der Waals surface area contributed by atoms with E-state index in [2.05, 4.69) is 9.97 Å². The smallest absolute Gasteiger partial charge is 0.240 e. The van der Waals surface area contributed by atoms with E-state index >= 15 is 0 Å². The lowest BCUT2D eigenvalue weighted by atomic mass is 10.1. The van der Waals surface area contributed by atoms with Gasteiger partial charge in [-0.15, -0.1) is 11.3 Å². The summed E-state index contributed by atoms with van der Waals surface area (Å²) in [6.45, 7) is 0. The summed E-state index contributed by atoms with van der Waals surface area (Å²) >= 11 is 3.06. The van der Waals surface area contributed by atoms with Crippen LogP contribution in [0.4, 0.5) is 0 Å². The predicted molar refractivity (Wildman–Crippen MR) is 91.1 cm³/mol. The van der Waals surface area contributed by atoms with E-state index in [1.165, 1.54) is 11.8 Å². The number of thioether (sulfide) groups is 1. The molecule has 2 heterocycles. The molecule has 0 aliphatic heterocycles. The van der Waals surface area contributed by atoms with Crippen molar-refractivity contribution in [3.05, 3.63) is 53.7 Å². The lowest BCUT2D eigenvalue weighted by molar-refractivity contribution is -0.128. The zero-order chi connectivity index (χ0) is 15.5. The van der Waals surface area contributed by atoms with Gasteiger partial charge in [0.1, 0.15) is 21.4 Å². The van der Waals surface area contributed by atoms with Crippen LogP contribution in [0.3, 0.4) is 0 Å². The summed E-state index contributed by atoms with van der Waals surface area (Å²) in [6.07, 6.45) is 1.56. The standard InChI is InChI=1S/C16H15N3OS2/c1-19(2)16(20)13(11-6-4-3-5-7-11)22-15-12-8-9-21-14(12)17-10-18-15/h3-10,13H,1-2H3/t13-/m0/s1. The van der Waals surface area contributed by atoms with Gasteiger partial charge >= 0.3 is 0 Å². The van der Waals surface area contributed by atoms with Gasteiger partial charge < -0.3 is 4.90 Å². The predicted octanol–water partition coefficient (Wildman–Crippen LogP) is 3.61. The van der Waals surface area contributed by atoms with Gasteiger partial charge in [-0.3, -0.25) is 4.79 Å². The van der Waals surface area contributed by atoms with Crippen molar-refractivity contribution in [2.24, 2.45) is 0 Å². The fourth-order valence-electron chi connectivity index (χ4n) is 2.10. The first-order valence-electron chi connectivity index (χ1n) is 6.78. The van der Waals surface area contributed by atoms with Crippen LogP contribution in [0.1, 0.15) is 10.8 Å². The van der Waals surface area contributed by atoms with Crippen molar-refractivity contribution in [3.63, 3.8) is 0 Å². The van der Waals surface area contributed by atoms with Crippen molar-refractivity contribution in [2.45, 2.75) is 10.3 Å². The Morgan fingerprint density at radius 2 is 1.95 bits per heavy atom.